The average Bonchev–Trinajstić information content (AvgIpc) is 2.31. The summed E-state index contributed by atoms with van der Waals surface area (Å²) in [5.41, 5.74) is 6.15. The molecule has 4 nitrogen and oxygen atoms in total. The Morgan fingerprint density at radius 1 is 0.947 bits per heavy atom. The SMILES string of the molecule is Nc1cc(Cl)ccc1S(=O)(=O)Nc1ccc(Cl)cc1. The first kappa shape index (κ1) is 14.0. The largest absolute Gasteiger partial charge is 0.398 e. The smallest absolute Gasteiger partial charge is 0.263 e. The van der Waals surface area contributed by atoms with E-state index in [9.17, 15) is 8.42 Å². The molecule has 2 aromatic carbocycles. The topological polar surface area (TPSA) is 72.2 Å². The zero-order chi connectivity index (χ0) is 14.0. The van der Waals surface area contributed by atoms with E-state index < -0.39 is 10.0 Å². The fraction of sp³-hybridized carbons (Fsp3) is 0. The third-order valence-corrected chi connectivity index (χ3v) is 4.30. The van der Waals surface area contributed by atoms with Crippen molar-refractivity contribution in [2.75, 3.05) is 10.5 Å². The predicted molar refractivity (Wildman–Crippen MR) is 78.1 cm³/mol. The van der Waals surface area contributed by atoms with Crippen molar-refractivity contribution in [1.29, 1.82) is 0 Å². The number of benzene rings is 2. The molecule has 0 aliphatic carbocycles. The van der Waals surface area contributed by atoms with Crippen molar-refractivity contribution in [3.8, 4) is 0 Å². The Morgan fingerprint density at radius 2 is 1.53 bits per heavy atom. The second-order valence-electron chi connectivity index (χ2n) is 3.79. The summed E-state index contributed by atoms with van der Waals surface area (Å²) in [5, 5.41) is 0.900. The number of nitrogen functional groups attached to an aromatic ring is 1. The fourth-order valence-corrected chi connectivity index (χ4v) is 2.97. The van der Waals surface area contributed by atoms with Crippen LogP contribution in [0, 0.1) is 0 Å². The predicted octanol–water partition coefficient (Wildman–Crippen LogP) is 3.38. The first-order valence-electron chi connectivity index (χ1n) is 5.22. The minimum absolute atomic E-state index is 0.0214. The Labute approximate surface area is 121 Å². The highest BCUT2D eigenvalue weighted by Crippen LogP contribution is 2.25. The second-order valence-corrected chi connectivity index (χ2v) is 6.32. The molecule has 0 saturated heterocycles. The van der Waals surface area contributed by atoms with Gasteiger partial charge in [-0.2, -0.15) is 0 Å². The van der Waals surface area contributed by atoms with E-state index in [0.29, 0.717) is 15.7 Å². The van der Waals surface area contributed by atoms with E-state index in [4.69, 9.17) is 28.9 Å². The highest BCUT2D eigenvalue weighted by Gasteiger charge is 2.17. The molecule has 0 aromatic heterocycles. The minimum atomic E-state index is -3.75. The Morgan fingerprint density at radius 3 is 2.11 bits per heavy atom. The van der Waals surface area contributed by atoms with Crippen molar-refractivity contribution in [3.05, 3.63) is 52.5 Å². The third-order valence-electron chi connectivity index (χ3n) is 2.36. The molecule has 2 rings (SSSR count). The summed E-state index contributed by atoms with van der Waals surface area (Å²) in [6, 6.07) is 10.5. The van der Waals surface area contributed by atoms with Gasteiger partial charge in [-0.15, -0.1) is 0 Å². The molecule has 0 heterocycles. The molecule has 0 unspecified atom stereocenters. The lowest BCUT2D eigenvalue weighted by Crippen LogP contribution is -2.14. The summed E-state index contributed by atoms with van der Waals surface area (Å²) < 4.78 is 26.7. The van der Waals surface area contributed by atoms with Gasteiger partial charge in [-0.25, -0.2) is 8.42 Å². The van der Waals surface area contributed by atoms with Crippen LogP contribution in [0.1, 0.15) is 0 Å². The van der Waals surface area contributed by atoms with Gasteiger partial charge in [0.15, 0.2) is 0 Å². The van der Waals surface area contributed by atoms with Gasteiger partial charge in [0.1, 0.15) is 4.90 Å². The molecule has 0 saturated carbocycles. The number of halogens is 2. The summed E-state index contributed by atoms with van der Waals surface area (Å²) in [6.45, 7) is 0. The number of anilines is 2. The molecule has 3 N–H and O–H groups in total. The van der Waals surface area contributed by atoms with Crippen molar-refractivity contribution < 1.29 is 8.42 Å². The number of sulfonamides is 1. The molecule has 0 bridgehead atoms. The summed E-state index contributed by atoms with van der Waals surface area (Å²) in [4.78, 5) is -0.0214. The Bertz CT molecular complexity index is 700. The molecular formula is C12H10Cl2N2O2S. The molecule has 100 valence electrons. The average molecular weight is 317 g/mol. The monoisotopic (exact) mass is 316 g/mol. The van der Waals surface area contributed by atoms with Gasteiger partial charge in [-0.05, 0) is 42.5 Å². The normalized spacial score (nSPS) is 11.3. The summed E-state index contributed by atoms with van der Waals surface area (Å²) in [6.07, 6.45) is 0. The van der Waals surface area contributed by atoms with E-state index in [-0.39, 0.29) is 10.6 Å². The molecule has 0 fully saturated rings. The molecule has 19 heavy (non-hydrogen) atoms. The molecule has 0 aliphatic heterocycles. The van der Waals surface area contributed by atoms with Gasteiger partial charge in [0.25, 0.3) is 10.0 Å². The summed E-state index contributed by atoms with van der Waals surface area (Å²) in [5.74, 6) is 0. The molecule has 0 atom stereocenters. The molecular weight excluding hydrogens is 307 g/mol. The quantitative estimate of drug-likeness (QED) is 0.853. The number of hydrogen-bond donors (Lipinski definition) is 2. The fourth-order valence-electron chi connectivity index (χ4n) is 1.49. The first-order valence-corrected chi connectivity index (χ1v) is 7.46. The second kappa shape index (κ2) is 5.28. The van der Waals surface area contributed by atoms with E-state index in [1.165, 1.54) is 18.2 Å². The molecule has 0 amide bonds. The van der Waals surface area contributed by atoms with Crippen molar-refractivity contribution >= 4 is 44.6 Å². The van der Waals surface area contributed by atoms with Gasteiger partial charge in [0, 0.05) is 15.7 Å². The van der Waals surface area contributed by atoms with Crippen LogP contribution < -0.4 is 10.5 Å². The van der Waals surface area contributed by atoms with Crippen LogP contribution in [0.5, 0.6) is 0 Å². The number of nitrogens with two attached hydrogens (primary N) is 1. The van der Waals surface area contributed by atoms with Crippen molar-refractivity contribution in [2.24, 2.45) is 0 Å². The van der Waals surface area contributed by atoms with E-state index in [1.54, 1.807) is 24.3 Å². The van der Waals surface area contributed by atoms with Crippen LogP contribution in [0.15, 0.2) is 47.4 Å². The van der Waals surface area contributed by atoms with E-state index in [1.807, 2.05) is 0 Å². The zero-order valence-corrected chi connectivity index (χ0v) is 11.9. The van der Waals surface area contributed by atoms with Crippen molar-refractivity contribution in [1.82, 2.24) is 0 Å². The van der Waals surface area contributed by atoms with Gasteiger partial charge in [0.05, 0.1) is 5.69 Å². The number of rotatable bonds is 3. The lowest BCUT2D eigenvalue weighted by atomic mass is 10.3. The highest BCUT2D eigenvalue weighted by molar-refractivity contribution is 7.92. The molecule has 2 aromatic rings. The summed E-state index contributed by atoms with van der Waals surface area (Å²) in [7, 11) is -3.75. The maximum Gasteiger partial charge on any atom is 0.263 e. The van der Waals surface area contributed by atoms with E-state index >= 15 is 0 Å². The van der Waals surface area contributed by atoms with Crippen LogP contribution in [0.25, 0.3) is 0 Å². The van der Waals surface area contributed by atoms with Crippen LogP contribution in [-0.4, -0.2) is 8.42 Å². The van der Waals surface area contributed by atoms with Crippen LogP contribution in [0.3, 0.4) is 0 Å². The van der Waals surface area contributed by atoms with Crippen LogP contribution in [0.4, 0.5) is 11.4 Å². The maximum absolute atomic E-state index is 12.2. The minimum Gasteiger partial charge on any atom is -0.398 e. The van der Waals surface area contributed by atoms with Gasteiger partial charge in [-0.3, -0.25) is 4.72 Å². The third kappa shape index (κ3) is 3.32. The van der Waals surface area contributed by atoms with Crippen LogP contribution >= 0.6 is 23.2 Å². The van der Waals surface area contributed by atoms with Crippen molar-refractivity contribution in [2.45, 2.75) is 4.90 Å². The first-order chi connectivity index (χ1) is 8.88. The highest BCUT2D eigenvalue weighted by atomic mass is 35.5. The Hall–Kier alpha value is -1.43. The number of nitrogens with one attached hydrogen (secondary N) is 1. The van der Waals surface area contributed by atoms with Crippen LogP contribution in [-0.2, 0) is 10.0 Å². The number of hydrogen-bond acceptors (Lipinski definition) is 3. The zero-order valence-electron chi connectivity index (χ0n) is 9.60. The van der Waals surface area contributed by atoms with Gasteiger partial charge >= 0.3 is 0 Å². The van der Waals surface area contributed by atoms with Crippen molar-refractivity contribution in [3.63, 3.8) is 0 Å². The maximum atomic E-state index is 12.2. The van der Waals surface area contributed by atoms with E-state index in [2.05, 4.69) is 4.72 Å². The lowest BCUT2D eigenvalue weighted by Gasteiger charge is -2.10. The molecule has 0 radical (unpaired) electrons. The Balaban J connectivity index is 2.35. The molecule has 0 aliphatic rings. The molecule has 7 heteroatoms. The van der Waals surface area contributed by atoms with E-state index in [0.717, 1.165) is 0 Å². The van der Waals surface area contributed by atoms with Gasteiger partial charge in [-0.1, -0.05) is 23.2 Å². The Kier molecular flexibility index (Phi) is 3.89. The van der Waals surface area contributed by atoms with Gasteiger partial charge < -0.3 is 5.73 Å². The molecule has 0 spiro atoms. The van der Waals surface area contributed by atoms with Gasteiger partial charge in [0.2, 0.25) is 0 Å². The standard InChI is InChI=1S/C12H10Cl2N2O2S/c13-8-1-4-10(5-2-8)16-19(17,18)12-6-3-9(14)7-11(12)15/h1-7,16H,15H2. The van der Waals surface area contributed by atoms with Crippen LogP contribution in [0.2, 0.25) is 10.0 Å². The lowest BCUT2D eigenvalue weighted by molar-refractivity contribution is 0.601. The summed E-state index contributed by atoms with van der Waals surface area (Å²) >= 11 is 11.5.